The number of hydrogen-bond donors (Lipinski definition) is 2. The van der Waals surface area contributed by atoms with Crippen molar-refractivity contribution in [1.29, 1.82) is 0 Å². The third-order valence-electron chi connectivity index (χ3n) is 4.34. The van der Waals surface area contributed by atoms with E-state index >= 15 is 0 Å². The molecule has 0 spiro atoms. The number of amides is 1. The smallest absolute Gasteiger partial charge is 0.370 e. The summed E-state index contributed by atoms with van der Waals surface area (Å²) in [5.74, 6) is -0.487. The normalized spacial score (nSPS) is 20.0. The van der Waals surface area contributed by atoms with E-state index in [0.29, 0.717) is 11.1 Å². The number of aliphatic imine (C=N–C) groups is 1. The first-order chi connectivity index (χ1) is 12.1. The molecule has 1 unspecified atom stereocenters. The summed E-state index contributed by atoms with van der Waals surface area (Å²) in [5, 5.41) is 2.48. The Morgan fingerprint density at radius 2 is 1.77 bits per heavy atom. The molecule has 3 rings (SSSR count). The molecule has 4 nitrogen and oxygen atoms in total. The Bertz CT molecular complexity index is 885. The van der Waals surface area contributed by atoms with Gasteiger partial charge in [-0.3, -0.25) is 10.1 Å². The number of guanidine groups is 1. The predicted molar refractivity (Wildman–Crippen MR) is 92.5 cm³/mol. The van der Waals surface area contributed by atoms with Gasteiger partial charge in [0.25, 0.3) is 5.91 Å². The molecule has 1 aliphatic rings. The number of hydrogen-bond acceptors (Lipinski definition) is 3. The van der Waals surface area contributed by atoms with Gasteiger partial charge in [0.1, 0.15) is 0 Å². The van der Waals surface area contributed by atoms with Gasteiger partial charge in [0, 0.05) is 6.42 Å². The van der Waals surface area contributed by atoms with Crippen LogP contribution in [0.5, 0.6) is 0 Å². The molecule has 1 heterocycles. The van der Waals surface area contributed by atoms with E-state index < -0.39 is 23.2 Å². The molecule has 0 aromatic heterocycles. The first-order valence-corrected chi connectivity index (χ1v) is 8.02. The fourth-order valence-corrected chi connectivity index (χ4v) is 3.29. The summed E-state index contributed by atoms with van der Waals surface area (Å²) in [6.07, 6.45) is -4.48. The topological polar surface area (TPSA) is 67.5 Å². The first kappa shape index (κ1) is 18.0. The van der Waals surface area contributed by atoms with E-state index in [2.05, 4.69) is 10.3 Å². The average molecular weight is 361 g/mol. The summed E-state index contributed by atoms with van der Waals surface area (Å²) < 4.78 is 39.1. The highest BCUT2D eigenvalue weighted by atomic mass is 19.4. The van der Waals surface area contributed by atoms with Gasteiger partial charge in [0.15, 0.2) is 11.5 Å². The molecule has 0 fully saturated rings. The predicted octanol–water partition coefficient (Wildman–Crippen LogP) is 3.20. The van der Waals surface area contributed by atoms with Crippen LogP contribution in [0.2, 0.25) is 0 Å². The van der Waals surface area contributed by atoms with Gasteiger partial charge in [0.2, 0.25) is 0 Å². The van der Waals surface area contributed by atoms with Crippen LogP contribution in [0.15, 0.2) is 47.5 Å². The largest absolute Gasteiger partial charge is 0.416 e. The molecule has 2 aromatic rings. The molecule has 0 aliphatic carbocycles. The lowest BCUT2D eigenvalue weighted by Crippen LogP contribution is -2.40. The molecule has 26 heavy (non-hydrogen) atoms. The number of carbonyl (C=O) groups is 1. The minimum atomic E-state index is -4.46. The Kier molecular flexibility index (Phi) is 4.26. The molecule has 0 bridgehead atoms. The number of benzene rings is 2. The van der Waals surface area contributed by atoms with Crippen LogP contribution in [-0.4, -0.2) is 11.9 Å². The SMILES string of the molecule is Cc1cc(C)cc(C2(Cc3cccc(C(F)(F)F)c3)N=C(N)NC2=O)c1. The van der Waals surface area contributed by atoms with Crippen molar-refractivity contribution in [1.82, 2.24) is 5.32 Å². The standard InChI is InChI=1S/C19H18F3N3O/c1-11-6-12(2)8-15(7-11)18(16(26)24-17(23)25-18)10-13-4-3-5-14(9-13)19(20,21)22/h3-9H,10H2,1-2H3,(H3,23,24,25,26). The van der Waals surface area contributed by atoms with Crippen LogP contribution in [0.3, 0.4) is 0 Å². The van der Waals surface area contributed by atoms with Crippen LogP contribution in [0.1, 0.15) is 27.8 Å². The van der Waals surface area contributed by atoms with Crippen LogP contribution in [-0.2, 0) is 22.9 Å². The van der Waals surface area contributed by atoms with Crippen LogP contribution in [0, 0.1) is 13.8 Å². The lowest BCUT2D eigenvalue weighted by Gasteiger charge is -2.25. The Hall–Kier alpha value is -2.83. The van der Waals surface area contributed by atoms with Crippen molar-refractivity contribution >= 4 is 11.9 Å². The molecule has 0 saturated carbocycles. The van der Waals surface area contributed by atoms with Crippen molar-refractivity contribution in [3.8, 4) is 0 Å². The van der Waals surface area contributed by atoms with Gasteiger partial charge in [-0.15, -0.1) is 0 Å². The summed E-state index contributed by atoms with van der Waals surface area (Å²) in [6, 6.07) is 10.5. The van der Waals surface area contributed by atoms with E-state index in [9.17, 15) is 18.0 Å². The molecule has 0 radical (unpaired) electrons. The lowest BCUT2D eigenvalue weighted by molar-refractivity contribution is -0.137. The zero-order valence-electron chi connectivity index (χ0n) is 14.3. The Labute approximate surface area is 148 Å². The van der Waals surface area contributed by atoms with Crippen molar-refractivity contribution < 1.29 is 18.0 Å². The Morgan fingerprint density at radius 1 is 1.12 bits per heavy atom. The highest BCUT2D eigenvalue weighted by molar-refractivity contribution is 6.07. The van der Waals surface area contributed by atoms with Crippen molar-refractivity contribution in [2.75, 3.05) is 0 Å². The maximum absolute atomic E-state index is 13.0. The molecule has 0 saturated heterocycles. The molecular formula is C19H18F3N3O. The van der Waals surface area contributed by atoms with Crippen LogP contribution in [0.4, 0.5) is 13.2 Å². The number of halogens is 3. The number of aryl methyl sites for hydroxylation is 2. The summed E-state index contributed by atoms with van der Waals surface area (Å²) in [4.78, 5) is 17.0. The number of carbonyl (C=O) groups excluding carboxylic acids is 1. The van der Waals surface area contributed by atoms with E-state index in [1.807, 2.05) is 32.0 Å². The minimum absolute atomic E-state index is 0.0215. The van der Waals surface area contributed by atoms with Gasteiger partial charge in [0.05, 0.1) is 5.56 Å². The van der Waals surface area contributed by atoms with Gasteiger partial charge < -0.3 is 5.73 Å². The second-order valence-corrected chi connectivity index (χ2v) is 6.56. The van der Waals surface area contributed by atoms with E-state index in [1.165, 1.54) is 6.07 Å². The molecule has 7 heteroatoms. The van der Waals surface area contributed by atoms with E-state index in [-0.39, 0.29) is 12.4 Å². The second kappa shape index (κ2) is 6.16. The number of nitrogens with zero attached hydrogens (tertiary/aromatic N) is 1. The number of nitrogens with one attached hydrogen (secondary N) is 1. The average Bonchev–Trinajstić information content (AvgIpc) is 2.80. The van der Waals surface area contributed by atoms with Gasteiger partial charge >= 0.3 is 6.18 Å². The zero-order chi connectivity index (χ0) is 19.1. The molecular weight excluding hydrogens is 343 g/mol. The number of nitrogens with two attached hydrogens (primary N) is 1. The van der Waals surface area contributed by atoms with E-state index in [4.69, 9.17) is 5.73 Å². The lowest BCUT2D eigenvalue weighted by atomic mass is 9.82. The fraction of sp³-hybridized carbons (Fsp3) is 0.263. The van der Waals surface area contributed by atoms with Crippen molar-refractivity contribution in [2.24, 2.45) is 10.7 Å². The summed E-state index contributed by atoms with van der Waals surface area (Å²) in [5.41, 5.74) is 6.37. The Morgan fingerprint density at radius 3 is 2.31 bits per heavy atom. The van der Waals surface area contributed by atoms with Crippen LogP contribution >= 0.6 is 0 Å². The molecule has 1 atom stereocenters. The molecule has 1 aliphatic heterocycles. The van der Waals surface area contributed by atoms with Gasteiger partial charge in [-0.1, -0.05) is 47.5 Å². The van der Waals surface area contributed by atoms with Gasteiger partial charge in [-0.25, -0.2) is 4.99 Å². The van der Waals surface area contributed by atoms with Crippen LogP contribution < -0.4 is 11.1 Å². The summed E-state index contributed by atoms with van der Waals surface area (Å²) in [7, 11) is 0. The fourth-order valence-electron chi connectivity index (χ4n) is 3.29. The summed E-state index contributed by atoms with van der Waals surface area (Å²) >= 11 is 0. The van der Waals surface area contributed by atoms with Gasteiger partial charge in [-0.05, 0) is 31.0 Å². The van der Waals surface area contributed by atoms with Crippen molar-refractivity contribution in [2.45, 2.75) is 32.0 Å². The summed E-state index contributed by atoms with van der Waals surface area (Å²) in [6.45, 7) is 3.77. The monoisotopic (exact) mass is 361 g/mol. The van der Waals surface area contributed by atoms with E-state index in [0.717, 1.165) is 23.3 Å². The first-order valence-electron chi connectivity index (χ1n) is 8.02. The minimum Gasteiger partial charge on any atom is -0.370 e. The van der Waals surface area contributed by atoms with Gasteiger partial charge in [-0.2, -0.15) is 13.2 Å². The van der Waals surface area contributed by atoms with Crippen molar-refractivity contribution in [3.63, 3.8) is 0 Å². The van der Waals surface area contributed by atoms with Crippen LogP contribution in [0.25, 0.3) is 0 Å². The Balaban J connectivity index is 2.11. The van der Waals surface area contributed by atoms with E-state index in [1.54, 1.807) is 6.07 Å². The number of rotatable bonds is 3. The third kappa shape index (κ3) is 3.29. The number of alkyl halides is 3. The van der Waals surface area contributed by atoms with Crippen molar-refractivity contribution in [3.05, 3.63) is 70.3 Å². The molecule has 136 valence electrons. The molecule has 3 N–H and O–H groups in total. The second-order valence-electron chi connectivity index (χ2n) is 6.56. The molecule has 1 amide bonds. The quantitative estimate of drug-likeness (QED) is 0.882. The molecule has 2 aromatic carbocycles. The zero-order valence-corrected chi connectivity index (χ0v) is 14.3. The third-order valence-corrected chi connectivity index (χ3v) is 4.34. The maximum Gasteiger partial charge on any atom is 0.416 e. The highest BCUT2D eigenvalue weighted by Gasteiger charge is 2.45. The highest BCUT2D eigenvalue weighted by Crippen LogP contribution is 2.36. The maximum atomic E-state index is 13.0.